The first-order valence-electron chi connectivity index (χ1n) is 12.6. The average Bonchev–Trinajstić information content (AvgIpc) is 3.26. The molecule has 0 saturated heterocycles. The predicted molar refractivity (Wildman–Crippen MR) is 143 cm³/mol. The molecule has 0 spiro atoms. The number of aromatic nitrogens is 1. The second-order valence-electron chi connectivity index (χ2n) is 10.3. The third-order valence-electron chi connectivity index (χ3n) is 6.20. The van der Waals surface area contributed by atoms with Crippen molar-refractivity contribution in [2.24, 2.45) is 0 Å². The van der Waals surface area contributed by atoms with Crippen molar-refractivity contribution in [3.05, 3.63) is 95.3 Å². The molecule has 0 bridgehead atoms. The highest BCUT2D eigenvalue weighted by atomic mass is 16.5. The van der Waals surface area contributed by atoms with Crippen LogP contribution >= 0.6 is 0 Å². The molecule has 3 aromatic rings. The van der Waals surface area contributed by atoms with Crippen LogP contribution in [0.2, 0.25) is 0 Å². The predicted octanol–water partition coefficient (Wildman–Crippen LogP) is 5.25. The summed E-state index contributed by atoms with van der Waals surface area (Å²) < 4.78 is 13.3. The van der Waals surface area contributed by atoms with Gasteiger partial charge in [-0.1, -0.05) is 75.4 Å². The summed E-state index contributed by atoms with van der Waals surface area (Å²) >= 11 is 0. The molecule has 2 aromatic carbocycles. The largest absolute Gasteiger partial charge is 0.389 e. The van der Waals surface area contributed by atoms with Gasteiger partial charge in [0.1, 0.15) is 0 Å². The number of ether oxygens (including phenoxy) is 2. The van der Waals surface area contributed by atoms with Crippen LogP contribution in [0.5, 0.6) is 0 Å². The Morgan fingerprint density at radius 3 is 2.37 bits per heavy atom. The Kier molecular flexibility index (Phi) is 10.5. The minimum absolute atomic E-state index is 0.158. The molecule has 5 nitrogen and oxygen atoms in total. The fourth-order valence-electron chi connectivity index (χ4n) is 4.19. The first-order chi connectivity index (χ1) is 16.8. The summed E-state index contributed by atoms with van der Waals surface area (Å²) in [6.07, 6.45) is 2.51. The highest BCUT2D eigenvalue weighted by Gasteiger charge is 2.16. The Morgan fingerprint density at radius 1 is 0.943 bits per heavy atom. The lowest BCUT2D eigenvalue weighted by atomic mass is 9.87. The topological polar surface area (TPSA) is 46.9 Å². The molecule has 0 aliphatic heterocycles. The number of aliphatic hydroxyl groups is 1. The second-order valence-corrected chi connectivity index (χ2v) is 10.3. The third kappa shape index (κ3) is 9.26. The van der Waals surface area contributed by atoms with Crippen LogP contribution in [0.25, 0.3) is 0 Å². The van der Waals surface area contributed by atoms with Gasteiger partial charge in [-0.2, -0.15) is 0 Å². The zero-order valence-corrected chi connectivity index (χ0v) is 21.8. The minimum Gasteiger partial charge on any atom is -0.389 e. The van der Waals surface area contributed by atoms with Gasteiger partial charge in [0.25, 0.3) is 0 Å². The molecule has 0 saturated carbocycles. The van der Waals surface area contributed by atoms with Crippen LogP contribution in [0.3, 0.4) is 0 Å². The number of rotatable bonds is 14. The van der Waals surface area contributed by atoms with E-state index in [1.807, 2.05) is 30.3 Å². The Balaban J connectivity index is 1.58. The van der Waals surface area contributed by atoms with Gasteiger partial charge in [-0.3, -0.25) is 4.90 Å². The Labute approximate surface area is 211 Å². The lowest BCUT2D eigenvalue weighted by Gasteiger charge is -2.26. The molecular formula is C30H42N2O3. The fourth-order valence-corrected chi connectivity index (χ4v) is 4.19. The summed E-state index contributed by atoms with van der Waals surface area (Å²) in [5.41, 5.74) is 5.15. The summed E-state index contributed by atoms with van der Waals surface area (Å²) in [6.45, 7) is 11.3. The van der Waals surface area contributed by atoms with Gasteiger partial charge >= 0.3 is 0 Å². The third-order valence-corrected chi connectivity index (χ3v) is 6.20. The number of benzene rings is 2. The number of aliphatic hydroxyl groups excluding tert-OH is 1. The Bertz CT molecular complexity index is 977. The molecule has 0 aliphatic rings. The SMILES string of the molecule is COCCCN(Cc1cccn1Cc1ccc(C(C)(C)C)cc1)CC(O)COCc1ccccc1. The van der Waals surface area contributed by atoms with Crippen molar-refractivity contribution in [1.29, 1.82) is 0 Å². The van der Waals surface area contributed by atoms with Gasteiger partial charge in [0, 0.05) is 51.8 Å². The second kappa shape index (κ2) is 13.6. The normalized spacial score (nSPS) is 12.9. The molecule has 0 radical (unpaired) electrons. The quantitative estimate of drug-likeness (QED) is 0.322. The van der Waals surface area contributed by atoms with Gasteiger partial charge in [0.05, 0.1) is 19.3 Å². The summed E-state index contributed by atoms with van der Waals surface area (Å²) in [5, 5.41) is 10.7. The van der Waals surface area contributed by atoms with Crippen LogP contribution < -0.4 is 0 Å². The van der Waals surface area contributed by atoms with E-state index in [1.165, 1.54) is 16.8 Å². The van der Waals surface area contributed by atoms with Crippen molar-refractivity contribution < 1.29 is 14.6 Å². The van der Waals surface area contributed by atoms with Gasteiger partial charge in [-0.05, 0) is 40.7 Å². The van der Waals surface area contributed by atoms with E-state index < -0.39 is 6.10 Å². The van der Waals surface area contributed by atoms with Crippen LogP contribution in [0.15, 0.2) is 72.9 Å². The fraction of sp³-hybridized carbons (Fsp3) is 0.467. The highest BCUT2D eigenvalue weighted by molar-refractivity contribution is 5.28. The molecule has 5 heteroatoms. The van der Waals surface area contributed by atoms with Crippen molar-refractivity contribution in [3.63, 3.8) is 0 Å². The van der Waals surface area contributed by atoms with E-state index in [0.29, 0.717) is 26.4 Å². The molecule has 190 valence electrons. The molecule has 1 unspecified atom stereocenters. The zero-order chi connectivity index (χ0) is 25.1. The summed E-state index contributed by atoms with van der Waals surface area (Å²) in [4.78, 5) is 2.30. The molecule has 35 heavy (non-hydrogen) atoms. The van der Waals surface area contributed by atoms with Gasteiger partial charge < -0.3 is 19.1 Å². The van der Waals surface area contributed by atoms with E-state index in [0.717, 1.165) is 31.6 Å². The van der Waals surface area contributed by atoms with Crippen LogP contribution in [-0.4, -0.2) is 54.1 Å². The first-order valence-corrected chi connectivity index (χ1v) is 12.6. The molecule has 0 fully saturated rings. The maximum Gasteiger partial charge on any atom is 0.0900 e. The van der Waals surface area contributed by atoms with Crippen LogP contribution in [0.1, 0.15) is 49.6 Å². The minimum atomic E-state index is -0.547. The number of hydrogen-bond donors (Lipinski definition) is 1. The standard InChI is InChI=1S/C30H42N2O3/c1-30(2,3)27-15-13-25(14-16-27)20-32-18-8-12-28(32)21-31(17-9-19-34-4)22-29(33)24-35-23-26-10-6-5-7-11-26/h5-8,10-16,18,29,33H,9,17,19-24H2,1-4H3. The van der Waals surface area contributed by atoms with E-state index in [2.05, 4.69) is 72.8 Å². The van der Waals surface area contributed by atoms with Gasteiger partial charge in [-0.25, -0.2) is 0 Å². The van der Waals surface area contributed by atoms with E-state index >= 15 is 0 Å². The lowest BCUT2D eigenvalue weighted by Crippen LogP contribution is -2.36. The van der Waals surface area contributed by atoms with E-state index in [4.69, 9.17) is 9.47 Å². The molecule has 1 heterocycles. The Morgan fingerprint density at radius 2 is 1.69 bits per heavy atom. The Hall–Kier alpha value is -2.44. The van der Waals surface area contributed by atoms with Gasteiger partial charge in [0.2, 0.25) is 0 Å². The number of methoxy groups -OCH3 is 1. The van der Waals surface area contributed by atoms with Crippen molar-refractivity contribution in [2.45, 2.75) is 58.4 Å². The molecule has 1 N–H and O–H groups in total. The van der Waals surface area contributed by atoms with Crippen LogP contribution in [0, 0.1) is 0 Å². The summed E-state index contributed by atoms with van der Waals surface area (Å²) in [5.74, 6) is 0. The van der Waals surface area contributed by atoms with Crippen LogP contribution in [-0.2, 0) is 34.6 Å². The van der Waals surface area contributed by atoms with Gasteiger partial charge in [-0.15, -0.1) is 0 Å². The summed E-state index contributed by atoms with van der Waals surface area (Å²) in [7, 11) is 1.73. The smallest absolute Gasteiger partial charge is 0.0900 e. The maximum atomic E-state index is 10.7. The van der Waals surface area contributed by atoms with E-state index in [1.54, 1.807) is 7.11 Å². The van der Waals surface area contributed by atoms with Crippen molar-refractivity contribution in [2.75, 3.05) is 33.4 Å². The molecular weight excluding hydrogens is 436 g/mol. The van der Waals surface area contributed by atoms with Crippen molar-refractivity contribution >= 4 is 0 Å². The van der Waals surface area contributed by atoms with E-state index in [9.17, 15) is 5.11 Å². The number of hydrogen-bond acceptors (Lipinski definition) is 4. The molecule has 1 aromatic heterocycles. The number of nitrogens with zero attached hydrogens (tertiary/aromatic N) is 2. The maximum absolute atomic E-state index is 10.7. The van der Waals surface area contributed by atoms with Crippen molar-refractivity contribution in [3.8, 4) is 0 Å². The molecule has 0 amide bonds. The molecule has 3 rings (SSSR count). The lowest BCUT2D eigenvalue weighted by molar-refractivity contribution is 0.00706. The van der Waals surface area contributed by atoms with Crippen molar-refractivity contribution in [1.82, 2.24) is 9.47 Å². The molecule has 1 atom stereocenters. The van der Waals surface area contributed by atoms with E-state index in [-0.39, 0.29) is 5.41 Å². The van der Waals surface area contributed by atoms with Crippen LogP contribution in [0.4, 0.5) is 0 Å². The monoisotopic (exact) mass is 478 g/mol. The first kappa shape index (κ1) is 27.2. The average molecular weight is 479 g/mol. The highest BCUT2D eigenvalue weighted by Crippen LogP contribution is 2.22. The van der Waals surface area contributed by atoms with Gasteiger partial charge in [0.15, 0.2) is 0 Å². The zero-order valence-electron chi connectivity index (χ0n) is 21.8. The molecule has 0 aliphatic carbocycles. The summed E-state index contributed by atoms with van der Waals surface area (Å²) in [6, 6.07) is 23.3.